The van der Waals surface area contributed by atoms with Gasteiger partial charge < -0.3 is 14.6 Å². The zero-order valence-corrected chi connectivity index (χ0v) is 15.6. The van der Waals surface area contributed by atoms with Crippen LogP contribution in [-0.4, -0.2) is 40.9 Å². The van der Waals surface area contributed by atoms with E-state index in [-0.39, 0.29) is 29.5 Å². The fourth-order valence-corrected chi connectivity index (χ4v) is 3.46. The van der Waals surface area contributed by atoms with Crippen LogP contribution in [0.15, 0.2) is 30.5 Å². The molecule has 0 saturated heterocycles. The molecule has 1 aromatic carbocycles. The van der Waals surface area contributed by atoms with Crippen LogP contribution in [-0.2, 0) is 11.2 Å². The fourth-order valence-electron chi connectivity index (χ4n) is 3.46. The Morgan fingerprint density at radius 2 is 2.17 bits per heavy atom. The number of para-hydroxylation sites is 1. The highest BCUT2D eigenvalue weighted by Gasteiger charge is 2.28. The van der Waals surface area contributed by atoms with E-state index in [1.165, 1.54) is 0 Å². The second-order valence-corrected chi connectivity index (χ2v) is 7.07. The molecule has 0 atom stereocenters. The number of carboxylic acids is 1. The van der Waals surface area contributed by atoms with Crippen molar-refractivity contribution < 1.29 is 28.2 Å². The maximum atomic E-state index is 13.2. The van der Waals surface area contributed by atoms with Gasteiger partial charge in [-0.3, -0.25) is 4.98 Å². The topological polar surface area (TPSA) is 81.5 Å². The number of aromatic carboxylic acids is 1. The third-order valence-electron chi connectivity index (χ3n) is 5.04. The summed E-state index contributed by atoms with van der Waals surface area (Å²) in [5.74, 6) is -0.883. The Morgan fingerprint density at radius 3 is 2.83 bits per heavy atom. The first-order valence-corrected chi connectivity index (χ1v) is 9.46. The molecule has 2 aromatic rings. The number of halogens is 2. The van der Waals surface area contributed by atoms with E-state index in [9.17, 15) is 18.7 Å². The largest absolute Gasteiger partial charge is 0.476 e. The summed E-state index contributed by atoms with van der Waals surface area (Å²) in [6.45, 7) is -2.09. The Kier molecular flexibility index (Phi) is 5.53. The molecule has 1 aromatic heterocycles. The average molecular weight is 402 g/mol. The Balaban J connectivity index is 1.73. The highest BCUT2D eigenvalue weighted by molar-refractivity contribution is 5.86. The number of nitrogens with zero attached hydrogens (tertiary/aromatic N) is 2. The first-order chi connectivity index (χ1) is 14.0. The van der Waals surface area contributed by atoms with Crippen LogP contribution in [0.2, 0.25) is 0 Å². The van der Waals surface area contributed by atoms with Gasteiger partial charge in [0.1, 0.15) is 5.75 Å². The quantitative estimate of drug-likeness (QED) is 0.753. The number of aromatic nitrogens is 2. The Bertz CT molecular complexity index is 958. The monoisotopic (exact) mass is 402 g/mol. The standard InChI is InChI=1S/C21H20F2N2O4/c22-21(23)29-19-14(2-1-3-15(19)12-6-8-28-9-7-12)10-16-18(20(26)27)25-17(11-24-16)13-4-5-13/h1-3,6,11,13,21H,4-5,7-10H2,(H,26,27). The van der Waals surface area contributed by atoms with Crippen molar-refractivity contribution in [3.8, 4) is 5.75 Å². The van der Waals surface area contributed by atoms with E-state index in [1.807, 2.05) is 6.08 Å². The number of ether oxygens (including phenoxy) is 2. The molecular formula is C21H20F2N2O4. The van der Waals surface area contributed by atoms with E-state index in [1.54, 1.807) is 24.4 Å². The molecule has 1 saturated carbocycles. The van der Waals surface area contributed by atoms with Crippen LogP contribution >= 0.6 is 0 Å². The molecule has 1 N–H and O–H groups in total. The predicted molar refractivity (Wildman–Crippen MR) is 100 cm³/mol. The molecule has 4 rings (SSSR count). The van der Waals surface area contributed by atoms with Crippen LogP contribution in [0, 0.1) is 0 Å². The van der Waals surface area contributed by atoms with Crippen LogP contribution in [0.25, 0.3) is 5.57 Å². The molecule has 6 nitrogen and oxygen atoms in total. The lowest BCUT2D eigenvalue weighted by molar-refractivity contribution is -0.0506. The van der Waals surface area contributed by atoms with E-state index in [2.05, 4.69) is 9.97 Å². The molecule has 2 aliphatic rings. The highest BCUT2D eigenvalue weighted by atomic mass is 19.3. The van der Waals surface area contributed by atoms with Gasteiger partial charge in [-0.05, 0) is 24.8 Å². The molecule has 1 aliphatic heterocycles. The molecule has 0 radical (unpaired) electrons. The maximum Gasteiger partial charge on any atom is 0.387 e. The zero-order valence-electron chi connectivity index (χ0n) is 15.6. The number of hydrogen-bond acceptors (Lipinski definition) is 5. The van der Waals surface area contributed by atoms with E-state index in [0.29, 0.717) is 36.5 Å². The van der Waals surface area contributed by atoms with Gasteiger partial charge in [0.25, 0.3) is 0 Å². The molecule has 152 valence electrons. The molecule has 1 aliphatic carbocycles. The third kappa shape index (κ3) is 4.42. The van der Waals surface area contributed by atoms with Gasteiger partial charge >= 0.3 is 12.6 Å². The van der Waals surface area contributed by atoms with Crippen molar-refractivity contribution in [2.75, 3.05) is 13.2 Å². The maximum absolute atomic E-state index is 13.2. The first kappa shape index (κ1) is 19.4. The van der Waals surface area contributed by atoms with Crippen molar-refractivity contribution in [2.24, 2.45) is 0 Å². The summed E-state index contributed by atoms with van der Waals surface area (Å²) in [6.07, 6.45) is 5.98. The van der Waals surface area contributed by atoms with Crippen molar-refractivity contribution in [1.29, 1.82) is 0 Å². The number of alkyl halides is 2. The summed E-state index contributed by atoms with van der Waals surface area (Å²) in [5, 5.41) is 9.57. The van der Waals surface area contributed by atoms with Crippen LogP contribution in [0.4, 0.5) is 8.78 Å². The molecule has 0 spiro atoms. The lowest BCUT2D eigenvalue weighted by Crippen LogP contribution is -2.13. The average Bonchev–Trinajstić information content (AvgIpc) is 3.55. The molecule has 8 heteroatoms. The Labute approximate surface area is 166 Å². The summed E-state index contributed by atoms with van der Waals surface area (Å²) in [5.41, 5.74) is 2.60. The Morgan fingerprint density at radius 1 is 1.34 bits per heavy atom. The van der Waals surface area contributed by atoms with Crippen molar-refractivity contribution in [1.82, 2.24) is 9.97 Å². The van der Waals surface area contributed by atoms with E-state index >= 15 is 0 Å². The Hall–Kier alpha value is -2.87. The molecule has 29 heavy (non-hydrogen) atoms. The third-order valence-corrected chi connectivity index (χ3v) is 5.04. The lowest BCUT2D eigenvalue weighted by atomic mass is 9.96. The van der Waals surface area contributed by atoms with Crippen LogP contribution in [0.3, 0.4) is 0 Å². The molecule has 2 heterocycles. The lowest BCUT2D eigenvalue weighted by Gasteiger charge is -2.20. The van der Waals surface area contributed by atoms with Gasteiger partial charge in [0.05, 0.1) is 24.6 Å². The minimum absolute atomic E-state index is 0.0270. The number of carbonyl (C=O) groups is 1. The molecular weight excluding hydrogens is 382 g/mol. The van der Waals surface area contributed by atoms with Crippen LogP contribution in [0.1, 0.15) is 58.2 Å². The molecule has 0 amide bonds. The fraction of sp³-hybridized carbons (Fsp3) is 0.381. The van der Waals surface area contributed by atoms with Gasteiger partial charge in [-0.1, -0.05) is 24.3 Å². The zero-order chi connectivity index (χ0) is 20.4. The molecule has 0 bridgehead atoms. The van der Waals surface area contributed by atoms with E-state index in [0.717, 1.165) is 18.4 Å². The van der Waals surface area contributed by atoms with Crippen molar-refractivity contribution >= 4 is 11.5 Å². The summed E-state index contributed by atoms with van der Waals surface area (Å²) >= 11 is 0. The highest BCUT2D eigenvalue weighted by Crippen LogP contribution is 2.39. The predicted octanol–water partition coefficient (Wildman–Crippen LogP) is 4.05. The van der Waals surface area contributed by atoms with Crippen LogP contribution in [0.5, 0.6) is 5.75 Å². The van der Waals surface area contributed by atoms with Crippen molar-refractivity contribution in [3.05, 3.63) is 58.7 Å². The van der Waals surface area contributed by atoms with Gasteiger partial charge in [0.2, 0.25) is 0 Å². The van der Waals surface area contributed by atoms with Gasteiger partial charge in [-0.25, -0.2) is 9.78 Å². The molecule has 1 fully saturated rings. The van der Waals surface area contributed by atoms with Crippen molar-refractivity contribution in [3.63, 3.8) is 0 Å². The number of hydrogen-bond donors (Lipinski definition) is 1. The smallest absolute Gasteiger partial charge is 0.387 e. The first-order valence-electron chi connectivity index (χ1n) is 9.46. The number of carboxylic acid groups (broad SMARTS) is 1. The van der Waals surface area contributed by atoms with Crippen molar-refractivity contribution in [2.45, 2.75) is 38.2 Å². The minimum Gasteiger partial charge on any atom is -0.476 e. The van der Waals surface area contributed by atoms with E-state index in [4.69, 9.17) is 9.47 Å². The van der Waals surface area contributed by atoms with Gasteiger partial charge in [0.15, 0.2) is 5.69 Å². The van der Waals surface area contributed by atoms with Gasteiger partial charge in [-0.15, -0.1) is 0 Å². The SMILES string of the molecule is O=C(O)c1nc(C2CC2)cnc1Cc1cccc(C2=CCOCC2)c1OC(F)F. The second-order valence-electron chi connectivity index (χ2n) is 7.07. The van der Waals surface area contributed by atoms with E-state index < -0.39 is 12.6 Å². The number of benzene rings is 1. The number of rotatable bonds is 7. The van der Waals surface area contributed by atoms with Gasteiger partial charge in [0, 0.05) is 29.7 Å². The van der Waals surface area contributed by atoms with Crippen LogP contribution < -0.4 is 4.74 Å². The molecule has 0 unspecified atom stereocenters. The minimum atomic E-state index is -3.00. The summed E-state index contributed by atoms with van der Waals surface area (Å²) in [4.78, 5) is 20.3. The normalized spacial score (nSPS) is 16.6. The summed E-state index contributed by atoms with van der Waals surface area (Å²) in [7, 11) is 0. The summed E-state index contributed by atoms with van der Waals surface area (Å²) in [6, 6.07) is 5.10. The van der Waals surface area contributed by atoms with Gasteiger partial charge in [-0.2, -0.15) is 8.78 Å². The summed E-state index contributed by atoms with van der Waals surface area (Å²) < 4.78 is 36.5. The second kappa shape index (κ2) is 8.24.